The molecule has 0 aliphatic carbocycles. The average molecular weight is 170 g/mol. The Kier molecular flexibility index (Phi) is 6.44. The summed E-state index contributed by atoms with van der Waals surface area (Å²) >= 11 is 0. The predicted molar refractivity (Wildman–Crippen MR) is 50.1 cm³/mol. The third-order valence-corrected chi connectivity index (χ3v) is 1.85. The second kappa shape index (κ2) is 6.89. The van der Waals surface area contributed by atoms with E-state index >= 15 is 0 Å². The SMILES string of the molecule is CCCC[C@@H](C)C/C=C/C(=O)O. The van der Waals surface area contributed by atoms with Crippen molar-refractivity contribution in [3.05, 3.63) is 12.2 Å². The first kappa shape index (κ1) is 11.2. The van der Waals surface area contributed by atoms with Crippen LogP contribution in [0.1, 0.15) is 39.5 Å². The van der Waals surface area contributed by atoms with Crippen LogP contribution in [0.3, 0.4) is 0 Å². The largest absolute Gasteiger partial charge is 0.478 e. The molecule has 0 spiro atoms. The Hall–Kier alpha value is -0.790. The molecule has 12 heavy (non-hydrogen) atoms. The van der Waals surface area contributed by atoms with Crippen molar-refractivity contribution in [2.24, 2.45) is 5.92 Å². The fourth-order valence-corrected chi connectivity index (χ4v) is 1.07. The molecule has 0 heterocycles. The molecule has 0 radical (unpaired) electrons. The van der Waals surface area contributed by atoms with Crippen molar-refractivity contribution in [1.29, 1.82) is 0 Å². The molecule has 2 nitrogen and oxygen atoms in total. The number of unbranched alkanes of at least 4 members (excludes halogenated alkanes) is 1. The summed E-state index contributed by atoms with van der Waals surface area (Å²) < 4.78 is 0. The first-order valence-electron chi connectivity index (χ1n) is 4.56. The average Bonchev–Trinajstić information content (AvgIpc) is 2.00. The molecule has 0 amide bonds. The van der Waals surface area contributed by atoms with Crippen molar-refractivity contribution in [3.63, 3.8) is 0 Å². The van der Waals surface area contributed by atoms with Gasteiger partial charge in [-0.1, -0.05) is 39.2 Å². The van der Waals surface area contributed by atoms with Crippen molar-refractivity contribution in [2.75, 3.05) is 0 Å². The number of carbonyl (C=O) groups is 1. The van der Waals surface area contributed by atoms with Gasteiger partial charge in [-0.05, 0) is 12.3 Å². The lowest BCUT2D eigenvalue weighted by molar-refractivity contribution is -0.131. The molecule has 1 atom stereocenters. The number of allylic oxidation sites excluding steroid dienone is 1. The van der Waals surface area contributed by atoms with Gasteiger partial charge in [-0.15, -0.1) is 0 Å². The minimum atomic E-state index is -0.849. The highest BCUT2D eigenvalue weighted by Crippen LogP contribution is 2.11. The topological polar surface area (TPSA) is 37.3 Å². The summed E-state index contributed by atoms with van der Waals surface area (Å²) in [4.78, 5) is 10.1. The maximum atomic E-state index is 10.1. The Balaban J connectivity index is 3.42. The van der Waals surface area contributed by atoms with E-state index in [0.717, 1.165) is 6.42 Å². The van der Waals surface area contributed by atoms with Crippen LogP contribution in [0.15, 0.2) is 12.2 Å². The van der Waals surface area contributed by atoms with E-state index in [9.17, 15) is 4.79 Å². The molecule has 1 N–H and O–H groups in total. The number of carboxylic acid groups (broad SMARTS) is 1. The molecule has 0 rings (SSSR count). The van der Waals surface area contributed by atoms with Crippen molar-refractivity contribution < 1.29 is 9.90 Å². The van der Waals surface area contributed by atoms with Crippen LogP contribution in [0.4, 0.5) is 0 Å². The van der Waals surface area contributed by atoms with Gasteiger partial charge in [0.05, 0.1) is 0 Å². The Bertz CT molecular complexity index is 150. The Morgan fingerprint density at radius 2 is 2.25 bits per heavy atom. The van der Waals surface area contributed by atoms with Gasteiger partial charge in [0.15, 0.2) is 0 Å². The van der Waals surface area contributed by atoms with Gasteiger partial charge in [0.2, 0.25) is 0 Å². The highest BCUT2D eigenvalue weighted by atomic mass is 16.4. The first-order chi connectivity index (χ1) is 5.66. The number of hydrogen-bond donors (Lipinski definition) is 1. The van der Waals surface area contributed by atoms with Crippen LogP contribution in [0.25, 0.3) is 0 Å². The van der Waals surface area contributed by atoms with Gasteiger partial charge in [0, 0.05) is 6.08 Å². The lowest BCUT2D eigenvalue weighted by Crippen LogP contribution is -1.93. The van der Waals surface area contributed by atoms with E-state index in [1.54, 1.807) is 6.08 Å². The van der Waals surface area contributed by atoms with Gasteiger partial charge >= 0.3 is 5.97 Å². The standard InChI is InChI=1S/C10H18O2/c1-3-4-6-9(2)7-5-8-10(11)12/h5,8-9H,3-4,6-7H2,1-2H3,(H,11,12)/b8-5+/t9-/m1/s1. The molecular formula is C10H18O2. The highest BCUT2D eigenvalue weighted by molar-refractivity contribution is 5.79. The van der Waals surface area contributed by atoms with Crippen molar-refractivity contribution in [3.8, 4) is 0 Å². The van der Waals surface area contributed by atoms with Crippen LogP contribution >= 0.6 is 0 Å². The molecule has 0 aromatic rings. The third kappa shape index (κ3) is 7.32. The minimum absolute atomic E-state index is 0.612. The summed E-state index contributed by atoms with van der Waals surface area (Å²) in [5, 5.41) is 8.32. The van der Waals surface area contributed by atoms with Crippen LogP contribution in [0.5, 0.6) is 0 Å². The smallest absolute Gasteiger partial charge is 0.327 e. The minimum Gasteiger partial charge on any atom is -0.478 e. The van der Waals surface area contributed by atoms with Gasteiger partial charge < -0.3 is 5.11 Å². The van der Waals surface area contributed by atoms with E-state index in [-0.39, 0.29) is 0 Å². The summed E-state index contributed by atoms with van der Waals surface area (Å²) in [6, 6.07) is 0. The fraction of sp³-hybridized carbons (Fsp3) is 0.700. The molecule has 0 aliphatic heterocycles. The zero-order chi connectivity index (χ0) is 9.40. The fourth-order valence-electron chi connectivity index (χ4n) is 1.07. The Morgan fingerprint density at radius 3 is 2.75 bits per heavy atom. The van der Waals surface area contributed by atoms with Gasteiger partial charge in [0.1, 0.15) is 0 Å². The summed E-state index contributed by atoms with van der Waals surface area (Å²) in [5.41, 5.74) is 0. The third-order valence-electron chi connectivity index (χ3n) is 1.85. The maximum absolute atomic E-state index is 10.1. The molecule has 0 bridgehead atoms. The summed E-state index contributed by atoms with van der Waals surface area (Å²) in [6.45, 7) is 4.32. The van der Waals surface area contributed by atoms with Gasteiger partial charge in [-0.3, -0.25) is 0 Å². The molecular weight excluding hydrogens is 152 g/mol. The number of carboxylic acids is 1. The van der Waals surface area contributed by atoms with Crippen LogP contribution in [-0.2, 0) is 4.79 Å². The Morgan fingerprint density at radius 1 is 1.58 bits per heavy atom. The van der Waals surface area contributed by atoms with E-state index in [1.165, 1.54) is 25.3 Å². The van der Waals surface area contributed by atoms with Gasteiger partial charge in [-0.25, -0.2) is 4.79 Å². The van der Waals surface area contributed by atoms with E-state index in [1.807, 2.05) is 0 Å². The molecule has 0 saturated heterocycles. The molecule has 0 aromatic heterocycles. The molecule has 2 heteroatoms. The quantitative estimate of drug-likeness (QED) is 0.622. The van der Waals surface area contributed by atoms with Crippen molar-refractivity contribution in [1.82, 2.24) is 0 Å². The van der Waals surface area contributed by atoms with Crippen LogP contribution in [-0.4, -0.2) is 11.1 Å². The second-order valence-corrected chi connectivity index (χ2v) is 3.22. The summed E-state index contributed by atoms with van der Waals surface area (Å²) in [7, 11) is 0. The zero-order valence-electron chi connectivity index (χ0n) is 7.92. The number of hydrogen-bond acceptors (Lipinski definition) is 1. The van der Waals surface area contributed by atoms with Crippen molar-refractivity contribution in [2.45, 2.75) is 39.5 Å². The maximum Gasteiger partial charge on any atom is 0.327 e. The first-order valence-corrected chi connectivity index (χ1v) is 4.56. The number of rotatable bonds is 6. The van der Waals surface area contributed by atoms with Crippen LogP contribution < -0.4 is 0 Å². The predicted octanol–water partition coefficient (Wildman–Crippen LogP) is 2.84. The van der Waals surface area contributed by atoms with Gasteiger partial charge in [-0.2, -0.15) is 0 Å². The molecule has 0 saturated carbocycles. The highest BCUT2D eigenvalue weighted by Gasteiger charge is 1.98. The summed E-state index contributed by atoms with van der Waals surface area (Å²) in [6.07, 6.45) is 7.49. The Labute approximate surface area is 74.3 Å². The molecule has 0 aromatic carbocycles. The zero-order valence-corrected chi connectivity index (χ0v) is 7.92. The normalized spacial score (nSPS) is 13.5. The van der Waals surface area contributed by atoms with E-state index < -0.39 is 5.97 Å². The molecule has 70 valence electrons. The van der Waals surface area contributed by atoms with Gasteiger partial charge in [0.25, 0.3) is 0 Å². The van der Waals surface area contributed by atoms with Crippen LogP contribution in [0, 0.1) is 5.92 Å². The van der Waals surface area contributed by atoms with E-state index in [4.69, 9.17) is 5.11 Å². The molecule has 0 unspecified atom stereocenters. The lowest BCUT2D eigenvalue weighted by Gasteiger charge is -2.05. The number of aliphatic carboxylic acids is 1. The molecule has 0 fully saturated rings. The summed E-state index contributed by atoms with van der Waals surface area (Å²) in [5.74, 6) is -0.238. The van der Waals surface area contributed by atoms with Crippen molar-refractivity contribution >= 4 is 5.97 Å². The van der Waals surface area contributed by atoms with E-state index in [0.29, 0.717) is 5.92 Å². The lowest BCUT2D eigenvalue weighted by atomic mass is 10.0. The van der Waals surface area contributed by atoms with E-state index in [2.05, 4.69) is 13.8 Å². The second-order valence-electron chi connectivity index (χ2n) is 3.22. The monoisotopic (exact) mass is 170 g/mol. The molecule has 0 aliphatic rings. The van der Waals surface area contributed by atoms with Crippen LogP contribution in [0.2, 0.25) is 0 Å².